The Morgan fingerprint density at radius 2 is 1.44 bits per heavy atom. The summed E-state index contributed by atoms with van der Waals surface area (Å²) in [6, 6.07) is 11.8. The third-order valence-electron chi connectivity index (χ3n) is 3.23. The lowest BCUT2D eigenvalue weighted by molar-refractivity contribution is -0.360. The van der Waals surface area contributed by atoms with Crippen molar-refractivity contribution in [1.29, 1.82) is 0 Å². The minimum Gasteiger partial charge on any atom is -0.457 e. The average molecular weight is 359 g/mol. The lowest BCUT2D eigenvalue weighted by Crippen LogP contribution is -2.41. The zero-order valence-corrected chi connectivity index (χ0v) is 13.2. The third kappa shape index (κ3) is 5.34. The molecule has 2 aromatic carbocycles. The van der Waals surface area contributed by atoms with Crippen LogP contribution in [0.2, 0.25) is 0 Å². The zero-order valence-electron chi connectivity index (χ0n) is 13.2. The van der Waals surface area contributed by atoms with Crippen LogP contribution in [0.1, 0.15) is 18.4 Å². The molecule has 0 aromatic heterocycles. The molecule has 0 amide bonds. The molecular weight excluding hydrogens is 343 g/mol. The minimum absolute atomic E-state index is 0.0878. The van der Waals surface area contributed by atoms with Crippen LogP contribution in [0.15, 0.2) is 48.5 Å². The number of unbranched alkanes of at least 4 members (excludes halogenated alkanes) is 1. The smallest absolute Gasteiger partial charge is 0.457 e. The summed E-state index contributed by atoms with van der Waals surface area (Å²) < 4.78 is 71.8. The predicted molar refractivity (Wildman–Crippen MR) is 82.9 cm³/mol. The summed E-state index contributed by atoms with van der Waals surface area (Å²) in [5.41, 5.74) is 1.01. The van der Waals surface area contributed by atoms with Gasteiger partial charge in [-0.2, -0.15) is 22.0 Å². The Labute approximate surface area is 142 Å². The molecule has 135 valence electrons. The quantitative estimate of drug-likeness (QED) is 0.551. The van der Waals surface area contributed by atoms with E-state index in [4.69, 9.17) is 4.74 Å². The Hall–Kier alpha value is -2.31. The summed E-state index contributed by atoms with van der Waals surface area (Å²) in [6.07, 6.45) is -8.58. The van der Waals surface area contributed by atoms with Crippen molar-refractivity contribution in [2.24, 2.45) is 0 Å². The molecule has 0 bridgehead atoms. The Balaban J connectivity index is 2.12. The molecule has 2 rings (SSSR count). The molecule has 0 saturated carbocycles. The lowest BCUT2D eigenvalue weighted by atomic mass is 10.1. The summed E-state index contributed by atoms with van der Waals surface area (Å²) in [4.78, 5) is 0. The number of ether oxygens (including phenoxy) is 2. The maximum Gasteiger partial charge on any atom is 0.499 e. The first-order chi connectivity index (χ1) is 11.7. The van der Waals surface area contributed by atoms with Crippen LogP contribution in [0.3, 0.4) is 0 Å². The molecule has 2 nitrogen and oxygen atoms in total. The fourth-order valence-corrected chi connectivity index (χ4v) is 2.04. The molecule has 0 atom stereocenters. The van der Waals surface area contributed by atoms with Crippen molar-refractivity contribution in [2.75, 3.05) is 0 Å². The summed E-state index contributed by atoms with van der Waals surface area (Å²) in [5, 5.41) is 0. The van der Waals surface area contributed by atoms with Crippen LogP contribution in [0.25, 0.3) is 0 Å². The summed E-state index contributed by atoms with van der Waals surface area (Å²) >= 11 is 0. The van der Waals surface area contributed by atoms with Crippen molar-refractivity contribution in [3.63, 3.8) is 0 Å². The second kappa shape index (κ2) is 7.72. The summed E-state index contributed by atoms with van der Waals surface area (Å²) in [5.74, 6) is -0.112. The highest BCUT2D eigenvalue weighted by molar-refractivity contribution is 5.38. The van der Waals surface area contributed by atoms with Crippen molar-refractivity contribution in [1.82, 2.24) is 0 Å². The van der Waals surface area contributed by atoms with Gasteiger partial charge in [0.05, 0.1) is 0 Å². The van der Waals surface area contributed by atoms with Gasteiger partial charge in [-0.3, -0.25) is 0 Å². The molecule has 0 spiro atoms. The normalized spacial score (nSPS) is 12.1. The molecule has 0 unspecified atom stereocenters. The maximum absolute atomic E-state index is 13.0. The van der Waals surface area contributed by atoms with Gasteiger partial charge in [-0.1, -0.05) is 31.5 Å². The molecular formula is C18H16F5O2. The zero-order chi connectivity index (χ0) is 18.5. The summed E-state index contributed by atoms with van der Waals surface area (Å²) in [7, 11) is 0. The van der Waals surface area contributed by atoms with Gasteiger partial charge in [-0.25, -0.2) is 0 Å². The van der Waals surface area contributed by atoms with Gasteiger partial charge in [0.15, 0.2) is 0 Å². The number of halogens is 5. The van der Waals surface area contributed by atoms with Crippen LogP contribution in [0, 0.1) is 6.92 Å². The molecule has 1 radical (unpaired) electrons. The average Bonchev–Trinajstić information content (AvgIpc) is 2.52. The minimum atomic E-state index is -5.80. The maximum atomic E-state index is 13.0. The van der Waals surface area contributed by atoms with Gasteiger partial charge in [-0.15, -0.1) is 0 Å². The van der Waals surface area contributed by atoms with E-state index in [-0.39, 0.29) is 5.75 Å². The number of alkyl halides is 5. The molecule has 0 aliphatic heterocycles. The van der Waals surface area contributed by atoms with Gasteiger partial charge >= 0.3 is 12.3 Å². The Kier molecular flexibility index (Phi) is 5.87. The van der Waals surface area contributed by atoms with E-state index in [0.29, 0.717) is 5.75 Å². The van der Waals surface area contributed by atoms with Crippen molar-refractivity contribution in [3.05, 3.63) is 61.0 Å². The highest BCUT2D eigenvalue weighted by atomic mass is 19.4. The topological polar surface area (TPSA) is 18.5 Å². The molecule has 0 heterocycles. The van der Waals surface area contributed by atoms with Crippen molar-refractivity contribution < 1.29 is 31.4 Å². The van der Waals surface area contributed by atoms with Crippen molar-refractivity contribution >= 4 is 0 Å². The number of hydrogen-bond donors (Lipinski definition) is 0. The Bertz CT molecular complexity index is 698. The van der Waals surface area contributed by atoms with Crippen LogP contribution in [-0.2, 0) is 6.42 Å². The van der Waals surface area contributed by atoms with Crippen molar-refractivity contribution in [3.8, 4) is 17.2 Å². The van der Waals surface area contributed by atoms with Gasteiger partial charge in [0.2, 0.25) is 0 Å². The van der Waals surface area contributed by atoms with Crippen LogP contribution >= 0.6 is 0 Å². The van der Waals surface area contributed by atoms with E-state index >= 15 is 0 Å². The first-order valence-electron chi connectivity index (χ1n) is 7.51. The van der Waals surface area contributed by atoms with Gasteiger partial charge in [0.25, 0.3) is 0 Å². The van der Waals surface area contributed by atoms with E-state index < -0.39 is 18.0 Å². The number of benzene rings is 2. The van der Waals surface area contributed by atoms with E-state index in [0.717, 1.165) is 37.0 Å². The lowest BCUT2D eigenvalue weighted by Gasteiger charge is -2.20. The van der Waals surface area contributed by atoms with Crippen LogP contribution in [-0.4, -0.2) is 12.3 Å². The highest BCUT2D eigenvalue weighted by Gasteiger charge is 2.61. The fourth-order valence-electron chi connectivity index (χ4n) is 2.04. The Morgan fingerprint density at radius 1 is 0.840 bits per heavy atom. The monoisotopic (exact) mass is 359 g/mol. The second-order valence-corrected chi connectivity index (χ2v) is 5.30. The predicted octanol–water partition coefficient (Wildman–Crippen LogP) is 6.17. The molecule has 2 aromatic rings. The molecule has 0 aliphatic carbocycles. The van der Waals surface area contributed by atoms with Gasteiger partial charge < -0.3 is 9.47 Å². The van der Waals surface area contributed by atoms with Crippen LogP contribution in [0.4, 0.5) is 22.0 Å². The molecule has 0 aliphatic rings. The number of hydrogen-bond acceptors (Lipinski definition) is 2. The largest absolute Gasteiger partial charge is 0.499 e. The van der Waals surface area contributed by atoms with E-state index in [1.807, 2.05) is 6.07 Å². The molecule has 25 heavy (non-hydrogen) atoms. The van der Waals surface area contributed by atoms with Crippen LogP contribution in [0.5, 0.6) is 17.2 Å². The van der Waals surface area contributed by atoms with E-state index in [2.05, 4.69) is 11.7 Å². The molecule has 0 saturated heterocycles. The van der Waals surface area contributed by atoms with E-state index in [1.54, 1.807) is 18.2 Å². The van der Waals surface area contributed by atoms with Crippen molar-refractivity contribution in [2.45, 2.75) is 31.5 Å². The van der Waals surface area contributed by atoms with E-state index in [1.165, 1.54) is 12.1 Å². The van der Waals surface area contributed by atoms with E-state index in [9.17, 15) is 22.0 Å². The SMILES string of the molecule is [CH2]CCCc1cccc(Oc2cccc(OC(F)(F)C(F)(F)F)c2)c1. The number of rotatable bonds is 7. The first-order valence-corrected chi connectivity index (χ1v) is 7.51. The Morgan fingerprint density at radius 3 is 2.08 bits per heavy atom. The molecule has 0 fully saturated rings. The fraction of sp³-hybridized carbons (Fsp3) is 0.278. The first kappa shape index (κ1) is 19.0. The van der Waals surface area contributed by atoms with Gasteiger partial charge in [0.1, 0.15) is 17.2 Å². The second-order valence-electron chi connectivity index (χ2n) is 5.30. The molecule has 7 heteroatoms. The van der Waals surface area contributed by atoms with Gasteiger partial charge in [-0.05, 0) is 42.7 Å². The van der Waals surface area contributed by atoms with Gasteiger partial charge in [0, 0.05) is 6.07 Å². The highest BCUT2D eigenvalue weighted by Crippen LogP contribution is 2.38. The van der Waals surface area contributed by atoms with Crippen LogP contribution < -0.4 is 9.47 Å². The third-order valence-corrected chi connectivity index (χ3v) is 3.23. The number of aryl methyl sites for hydroxylation is 1. The molecule has 0 N–H and O–H groups in total. The summed E-state index contributed by atoms with van der Waals surface area (Å²) in [6.45, 7) is 3.76. The standard InChI is InChI=1S/C18H16F5O2/c1-2-3-6-13-7-4-8-14(11-13)24-15-9-5-10-16(12-15)25-18(22,23)17(19,20)21/h4-5,7-12H,1-3,6H2.